The van der Waals surface area contributed by atoms with Gasteiger partial charge in [0.2, 0.25) is 0 Å². The summed E-state index contributed by atoms with van der Waals surface area (Å²) in [5.74, 6) is 0.812. The highest BCUT2D eigenvalue weighted by atomic mass is 16.5. The molecule has 0 amide bonds. The number of benzene rings is 1. The molecule has 20 heavy (non-hydrogen) atoms. The summed E-state index contributed by atoms with van der Waals surface area (Å²) in [7, 11) is 1.56. The molecular weight excluding hydrogens is 254 g/mol. The van der Waals surface area contributed by atoms with Crippen LogP contribution >= 0.6 is 0 Å². The summed E-state index contributed by atoms with van der Waals surface area (Å²) >= 11 is 0. The first-order chi connectivity index (χ1) is 9.58. The van der Waals surface area contributed by atoms with Gasteiger partial charge in [-0.2, -0.15) is 0 Å². The number of aliphatic hydroxyl groups excluding tert-OH is 1. The summed E-state index contributed by atoms with van der Waals surface area (Å²) in [6.45, 7) is 7.89. The van der Waals surface area contributed by atoms with E-state index in [2.05, 4.69) is 31.3 Å². The van der Waals surface area contributed by atoms with E-state index in [-0.39, 0.29) is 13.2 Å². The Balaban J connectivity index is 2.59. The van der Waals surface area contributed by atoms with Crippen molar-refractivity contribution in [1.82, 2.24) is 5.32 Å². The molecule has 114 valence electrons. The van der Waals surface area contributed by atoms with Gasteiger partial charge in [-0.1, -0.05) is 19.1 Å². The van der Waals surface area contributed by atoms with Gasteiger partial charge in [-0.3, -0.25) is 0 Å². The fraction of sp³-hybridized carbons (Fsp3) is 0.625. The van der Waals surface area contributed by atoms with Gasteiger partial charge in [-0.25, -0.2) is 0 Å². The lowest BCUT2D eigenvalue weighted by Crippen LogP contribution is -2.23. The van der Waals surface area contributed by atoms with Crippen LogP contribution in [-0.2, 0) is 4.74 Å². The predicted molar refractivity (Wildman–Crippen MR) is 81.3 cm³/mol. The minimum atomic E-state index is -0.593. The predicted octanol–water partition coefficient (Wildman–Crippen LogP) is 2.44. The maximum atomic E-state index is 9.58. The third-order valence-corrected chi connectivity index (χ3v) is 3.19. The number of aliphatic hydroxyl groups is 1. The molecule has 0 spiro atoms. The average Bonchev–Trinajstić information content (AvgIpc) is 2.43. The summed E-state index contributed by atoms with van der Waals surface area (Å²) in [4.78, 5) is 0. The maximum Gasteiger partial charge on any atom is 0.122 e. The van der Waals surface area contributed by atoms with Crippen molar-refractivity contribution >= 4 is 0 Å². The van der Waals surface area contributed by atoms with E-state index in [0.717, 1.165) is 24.3 Å². The zero-order chi connectivity index (χ0) is 15.0. The van der Waals surface area contributed by atoms with Crippen LogP contribution in [0, 0.1) is 6.92 Å². The third kappa shape index (κ3) is 5.49. The molecular formula is C16H27NO3. The molecule has 0 radical (unpaired) electrons. The van der Waals surface area contributed by atoms with Crippen molar-refractivity contribution in [3.05, 3.63) is 29.3 Å². The number of nitrogens with one attached hydrogen (secondary N) is 1. The average molecular weight is 281 g/mol. The molecule has 0 aliphatic rings. The van der Waals surface area contributed by atoms with E-state index in [1.165, 1.54) is 5.56 Å². The van der Waals surface area contributed by atoms with Crippen molar-refractivity contribution in [2.75, 3.05) is 26.9 Å². The van der Waals surface area contributed by atoms with Crippen LogP contribution in [0.2, 0.25) is 0 Å². The van der Waals surface area contributed by atoms with Crippen LogP contribution in [0.25, 0.3) is 0 Å². The van der Waals surface area contributed by atoms with Crippen LogP contribution in [0.15, 0.2) is 18.2 Å². The van der Waals surface area contributed by atoms with E-state index in [0.29, 0.717) is 6.04 Å². The molecule has 1 rings (SSSR count). The Morgan fingerprint density at radius 2 is 2.05 bits per heavy atom. The lowest BCUT2D eigenvalue weighted by atomic mass is 10.0. The zero-order valence-corrected chi connectivity index (χ0v) is 13.0. The molecule has 0 bridgehead atoms. The van der Waals surface area contributed by atoms with Gasteiger partial charge in [0, 0.05) is 13.2 Å². The standard InChI is InChI=1S/C16H27NO3/c1-5-8-17-13(3)14-6-7-16(12(2)9-14)20-11-15(18)10-19-4/h6-7,9,13,15,17-18H,5,8,10-11H2,1-4H3. The van der Waals surface area contributed by atoms with Gasteiger partial charge in [0.1, 0.15) is 18.5 Å². The van der Waals surface area contributed by atoms with Gasteiger partial charge in [0.15, 0.2) is 0 Å². The first-order valence-corrected chi connectivity index (χ1v) is 7.22. The molecule has 0 aliphatic heterocycles. The number of methoxy groups -OCH3 is 1. The van der Waals surface area contributed by atoms with E-state index < -0.39 is 6.10 Å². The van der Waals surface area contributed by atoms with Crippen LogP contribution in [0.4, 0.5) is 0 Å². The van der Waals surface area contributed by atoms with Crippen LogP contribution in [0.1, 0.15) is 37.4 Å². The lowest BCUT2D eigenvalue weighted by molar-refractivity contribution is 0.0324. The second-order valence-electron chi connectivity index (χ2n) is 5.12. The van der Waals surface area contributed by atoms with Crippen molar-refractivity contribution in [2.24, 2.45) is 0 Å². The fourth-order valence-electron chi connectivity index (χ4n) is 2.01. The second kappa shape index (κ2) is 8.95. The van der Waals surface area contributed by atoms with Crippen LogP contribution in [0.5, 0.6) is 5.75 Å². The topological polar surface area (TPSA) is 50.7 Å². The van der Waals surface area contributed by atoms with Gasteiger partial charge < -0.3 is 19.9 Å². The fourth-order valence-corrected chi connectivity index (χ4v) is 2.01. The number of hydrogen-bond acceptors (Lipinski definition) is 4. The van der Waals surface area contributed by atoms with E-state index in [1.807, 2.05) is 13.0 Å². The normalized spacial score (nSPS) is 14.1. The highest BCUT2D eigenvalue weighted by Gasteiger charge is 2.09. The van der Waals surface area contributed by atoms with Gasteiger partial charge in [0.05, 0.1) is 6.61 Å². The molecule has 0 aromatic heterocycles. The summed E-state index contributed by atoms with van der Waals surface area (Å²) in [6, 6.07) is 6.50. The van der Waals surface area contributed by atoms with E-state index >= 15 is 0 Å². The van der Waals surface area contributed by atoms with Crippen LogP contribution < -0.4 is 10.1 Å². The molecule has 4 nitrogen and oxygen atoms in total. The van der Waals surface area contributed by atoms with Crippen molar-refractivity contribution in [2.45, 2.75) is 39.3 Å². The molecule has 0 heterocycles. The largest absolute Gasteiger partial charge is 0.491 e. The number of rotatable bonds is 9. The van der Waals surface area contributed by atoms with Gasteiger partial charge in [-0.15, -0.1) is 0 Å². The maximum absolute atomic E-state index is 9.58. The molecule has 2 N–H and O–H groups in total. The molecule has 0 fully saturated rings. The Labute approximate surface area is 122 Å². The van der Waals surface area contributed by atoms with Crippen molar-refractivity contribution in [1.29, 1.82) is 0 Å². The highest BCUT2D eigenvalue weighted by Crippen LogP contribution is 2.23. The van der Waals surface area contributed by atoms with Gasteiger partial charge in [0.25, 0.3) is 0 Å². The molecule has 0 aliphatic carbocycles. The number of hydrogen-bond donors (Lipinski definition) is 2. The van der Waals surface area contributed by atoms with Crippen LogP contribution in [0.3, 0.4) is 0 Å². The number of aryl methyl sites for hydroxylation is 1. The quantitative estimate of drug-likeness (QED) is 0.730. The van der Waals surface area contributed by atoms with Crippen molar-refractivity contribution in [3.63, 3.8) is 0 Å². The molecule has 2 atom stereocenters. The summed E-state index contributed by atoms with van der Waals surface area (Å²) in [5.41, 5.74) is 2.33. The Morgan fingerprint density at radius 1 is 1.30 bits per heavy atom. The van der Waals surface area contributed by atoms with E-state index in [9.17, 15) is 5.11 Å². The van der Waals surface area contributed by atoms with Crippen molar-refractivity contribution < 1.29 is 14.6 Å². The summed E-state index contributed by atoms with van der Waals surface area (Å²) < 4.78 is 10.5. The van der Waals surface area contributed by atoms with Gasteiger partial charge >= 0.3 is 0 Å². The van der Waals surface area contributed by atoms with E-state index in [4.69, 9.17) is 9.47 Å². The monoisotopic (exact) mass is 281 g/mol. The summed E-state index contributed by atoms with van der Waals surface area (Å²) in [6.07, 6.45) is 0.534. The third-order valence-electron chi connectivity index (χ3n) is 3.19. The smallest absolute Gasteiger partial charge is 0.122 e. The van der Waals surface area contributed by atoms with Gasteiger partial charge in [-0.05, 0) is 44.0 Å². The first-order valence-electron chi connectivity index (χ1n) is 7.22. The molecule has 1 aromatic carbocycles. The second-order valence-corrected chi connectivity index (χ2v) is 5.12. The molecule has 0 saturated heterocycles. The zero-order valence-electron chi connectivity index (χ0n) is 13.0. The molecule has 0 saturated carbocycles. The van der Waals surface area contributed by atoms with Crippen LogP contribution in [-0.4, -0.2) is 38.1 Å². The molecule has 4 heteroatoms. The molecule has 1 aromatic rings. The minimum absolute atomic E-state index is 0.248. The summed E-state index contributed by atoms with van der Waals surface area (Å²) in [5, 5.41) is 13.0. The van der Waals surface area contributed by atoms with E-state index in [1.54, 1.807) is 7.11 Å². The Bertz CT molecular complexity index is 395. The molecule has 2 unspecified atom stereocenters. The Kier molecular flexibility index (Phi) is 7.59. The highest BCUT2D eigenvalue weighted by molar-refractivity contribution is 5.37. The number of ether oxygens (including phenoxy) is 2. The minimum Gasteiger partial charge on any atom is -0.491 e. The Morgan fingerprint density at radius 3 is 2.65 bits per heavy atom. The SMILES string of the molecule is CCCNC(C)c1ccc(OCC(O)COC)c(C)c1. The first kappa shape index (κ1) is 17.0. The van der Waals surface area contributed by atoms with Crippen molar-refractivity contribution in [3.8, 4) is 5.75 Å². The Hall–Kier alpha value is -1.10. The lowest BCUT2D eigenvalue weighted by Gasteiger charge is -2.17.